The first-order valence-electron chi connectivity index (χ1n) is 6.75. The molecular formula is C15H18FNO3. The third kappa shape index (κ3) is 2.81. The van der Waals surface area contributed by atoms with Crippen LogP contribution in [0.2, 0.25) is 0 Å². The Morgan fingerprint density at radius 1 is 1.25 bits per heavy atom. The van der Waals surface area contributed by atoms with E-state index in [2.05, 4.69) is 5.32 Å². The molecule has 4 nitrogen and oxygen atoms in total. The van der Waals surface area contributed by atoms with E-state index in [1.807, 2.05) is 0 Å². The zero-order valence-corrected chi connectivity index (χ0v) is 11.4. The SMILES string of the molecule is CC(NC(=O)C1CCCC1)(C(=O)O)c1ccc(F)cc1. The summed E-state index contributed by atoms with van der Waals surface area (Å²) in [7, 11) is 0. The maximum absolute atomic E-state index is 12.9. The average Bonchev–Trinajstić information content (AvgIpc) is 2.93. The van der Waals surface area contributed by atoms with E-state index >= 15 is 0 Å². The molecular weight excluding hydrogens is 261 g/mol. The Hall–Kier alpha value is -1.91. The second-order valence-electron chi connectivity index (χ2n) is 5.41. The summed E-state index contributed by atoms with van der Waals surface area (Å²) >= 11 is 0. The van der Waals surface area contributed by atoms with Gasteiger partial charge in [-0.2, -0.15) is 0 Å². The van der Waals surface area contributed by atoms with Crippen molar-refractivity contribution in [2.75, 3.05) is 0 Å². The number of benzene rings is 1. The lowest BCUT2D eigenvalue weighted by molar-refractivity contribution is -0.148. The molecule has 0 bridgehead atoms. The quantitative estimate of drug-likeness (QED) is 0.889. The van der Waals surface area contributed by atoms with Crippen LogP contribution in [0.5, 0.6) is 0 Å². The molecule has 1 saturated carbocycles. The van der Waals surface area contributed by atoms with Gasteiger partial charge in [-0.15, -0.1) is 0 Å². The number of hydrogen-bond donors (Lipinski definition) is 2. The monoisotopic (exact) mass is 279 g/mol. The van der Waals surface area contributed by atoms with Gasteiger partial charge in [-0.1, -0.05) is 25.0 Å². The Labute approximate surface area is 117 Å². The minimum Gasteiger partial charge on any atom is -0.479 e. The van der Waals surface area contributed by atoms with Crippen molar-refractivity contribution in [2.45, 2.75) is 38.1 Å². The van der Waals surface area contributed by atoms with Crippen LogP contribution in [0.1, 0.15) is 38.2 Å². The van der Waals surface area contributed by atoms with Gasteiger partial charge in [0.25, 0.3) is 0 Å². The van der Waals surface area contributed by atoms with Gasteiger partial charge in [-0.25, -0.2) is 9.18 Å². The van der Waals surface area contributed by atoms with Gasteiger partial charge >= 0.3 is 5.97 Å². The first-order chi connectivity index (χ1) is 9.43. The molecule has 2 rings (SSSR count). The summed E-state index contributed by atoms with van der Waals surface area (Å²) in [5.41, 5.74) is -1.18. The molecule has 0 radical (unpaired) electrons. The molecule has 1 fully saturated rings. The standard InChI is InChI=1S/C15H18FNO3/c1-15(14(19)20,11-6-8-12(16)9-7-11)17-13(18)10-4-2-3-5-10/h6-10H,2-5H2,1H3,(H,17,18)(H,19,20). The van der Waals surface area contributed by atoms with Gasteiger partial charge in [0.15, 0.2) is 5.54 Å². The van der Waals surface area contributed by atoms with Crippen LogP contribution in [-0.4, -0.2) is 17.0 Å². The largest absolute Gasteiger partial charge is 0.479 e. The highest BCUT2D eigenvalue weighted by Gasteiger charge is 2.38. The van der Waals surface area contributed by atoms with Gasteiger partial charge in [0, 0.05) is 5.92 Å². The average molecular weight is 279 g/mol. The van der Waals surface area contributed by atoms with Gasteiger partial charge in [-0.3, -0.25) is 4.79 Å². The van der Waals surface area contributed by atoms with Crippen molar-refractivity contribution in [3.05, 3.63) is 35.6 Å². The number of hydrogen-bond acceptors (Lipinski definition) is 2. The molecule has 2 N–H and O–H groups in total. The van der Waals surface area contributed by atoms with Crippen LogP contribution in [-0.2, 0) is 15.1 Å². The molecule has 20 heavy (non-hydrogen) atoms. The lowest BCUT2D eigenvalue weighted by Gasteiger charge is -2.28. The molecule has 0 heterocycles. The zero-order valence-electron chi connectivity index (χ0n) is 11.4. The maximum Gasteiger partial charge on any atom is 0.333 e. The summed E-state index contributed by atoms with van der Waals surface area (Å²) in [6.07, 6.45) is 3.59. The van der Waals surface area contributed by atoms with Crippen LogP contribution < -0.4 is 5.32 Å². The van der Waals surface area contributed by atoms with E-state index in [0.29, 0.717) is 5.56 Å². The number of carboxylic acids is 1. The maximum atomic E-state index is 12.9. The number of rotatable bonds is 4. The molecule has 0 aromatic heterocycles. The van der Waals surface area contributed by atoms with Crippen molar-refractivity contribution in [3.8, 4) is 0 Å². The highest BCUT2D eigenvalue weighted by molar-refractivity contribution is 5.88. The van der Waals surface area contributed by atoms with Crippen molar-refractivity contribution in [1.29, 1.82) is 0 Å². The Morgan fingerprint density at radius 2 is 1.80 bits per heavy atom. The fourth-order valence-electron chi connectivity index (χ4n) is 2.57. The summed E-state index contributed by atoms with van der Waals surface area (Å²) in [5, 5.41) is 12.0. The van der Waals surface area contributed by atoms with Gasteiger partial charge in [0.2, 0.25) is 5.91 Å². The second kappa shape index (κ2) is 5.61. The minimum absolute atomic E-state index is 0.117. The highest BCUT2D eigenvalue weighted by Crippen LogP contribution is 2.28. The van der Waals surface area contributed by atoms with E-state index in [4.69, 9.17) is 0 Å². The smallest absolute Gasteiger partial charge is 0.333 e. The number of nitrogens with one attached hydrogen (secondary N) is 1. The molecule has 108 valence electrons. The Bertz CT molecular complexity index is 508. The third-order valence-corrected chi connectivity index (χ3v) is 3.95. The van der Waals surface area contributed by atoms with E-state index in [0.717, 1.165) is 25.7 Å². The summed E-state index contributed by atoms with van der Waals surface area (Å²) in [6.45, 7) is 1.43. The second-order valence-corrected chi connectivity index (χ2v) is 5.41. The number of carboxylic acid groups (broad SMARTS) is 1. The summed E-state index contributed by atoms with van der Waals surface area (Å²) in [4.78, 5) is 23.7. The number of halogens is 1. The fraction of sp³-hybridized carbons (Fsp3) is 0.467. The van der Waals surface area contributed by atoms with E-state index in [-0.39, 0.29) is 11.8 Å². The predicted molar refractivity (Wildman–Crippen MR) is 71.5 cm³/mol. The Balaban J connectivity index is 2.22. The number of amides is 1. The number of aliphatic carboxylic acids is 1. The summed E-state index contributed by atoms with van der Waals surface area (Å²) < 4.78 is 12.9. The normalized spacial score (nSPS) is 18.5. The molecule has 1 aromatic carbocycles. The molecule has 1 aromatic rings. The van der Waals surface area contributed by atoms with Crippen LogP contribution in [0, 0.1) is 11.7 Å². The molecule has 1 unspecified atom stereocenters. The van der Waals surface area contributed by atoms with Crippen LogP contribution in [0.4, 0.5) is 4.39 Å². The zero-order chi connectivity index (χ0) is 14.8. The third-order valence-electron chi connectivity index (χ3n) is 3.95. The lowest BCUT2D eigenvalue weighted by atomic mass is 9.91. The summed E-state index contributed by atoms with van der Waals surface area (Å²) in [6, 6.07) is 5.16. The number of carbonyl (C=O) groups is 2. The lowest BCUT2D eigenvalue weighted by Crippen LogP contribution is -2.51. The molecule has 1 aliphatic rings. The number of carbonyl (C=O) groups excluding carboxylic acids is 1. The van der Waals surface area contributed by atoms with Crippen molar-refractivity contribution in [1.82, 2.24) is 5.32 Å². The van der Waals surface area contributed by atoms with Crippen LogP contribution in [0.3, 0.4) is 0 Å². The molecule has 1 atom stereocenters. The molecule has 1 amide bonds. The van der Waals surface area contributed by atoms with Crippen molar-refractivity contribution >= 4 is 11.9 Å². The topological polar surface area (TPSA) is 66.4 Å². The van der Waals surface area contributed by atoms with Crippen molar-refractivity contribution in [3.63, 3.8) is 0 Å². The van der Waals surface area contributed by atoms with E-state index < -0.39 is 17.3 Å². The van der Waals surface area contributed by atoms with Gasteiger partial charge in [0.1, 0.15) is 5.82 Å². The van der Waals surface area contributed by atoms with Crippen molar-refractivity contribution < 1.29 is 19.1 Å². The first-order valence-corrected chi connectivity index (χ1v) is 6.75. The van der Waals surface area contributed by atoms with E-state index in [9.17, 15) is 19.1 Å². The minimum atomic E-state index is -1.53. The van der Waals surface area contributed by atoms with Gasteiger partial charge in [-0.05, 0) is 37.5 Å². The van der Waals surface area contributed by atoms with Crippen molar-refractivity contribution in [2.24, 2.45) is 5.92 Å². The van der Waals surface area contributed by atoms with E-state index in [1.165, 1.54) is 31.2 Å². The fourth-order valence-corrected chi connectivity index (χ4v) is 2.57. The van der Waals surface area contributed by atoms with Crippen LogP contribution >= 0.6 is 0 Å². The summed E-state index contributed by atoms with van der Waals surface area (Å²) in [5.74, 6) is -1.95. The van der Waals surface area contributed by atoms with Gasteiger partial charge in [0.05, 0.1) is 0 Å². The predicted octanol–water partition coefficient (Wildman–Crippen LogP) is 2.43. The Morgan fingerprint density at radius 3 is 2.30 bits per heavy atom. The molecule has 0 spiro atoms. The van der Waals surface area contributed by atoms with Crippen LogP contribution in [0.15, 0.2) is 24.3 Å². The van der Waals surface area contributed by atoms with E-state index in [1.54, 1.807) is 0 Å². The molecule has 5 heteroatoms. The molecule has 0 aliphatic heterocycles. The van der Waals surface area contributed by atoms with Crippen LogP contribution in [0.25, 0.3) is 0 Å². The first kappa shape index (κ1) is 14.5. The highest BCUT2D eigenvalue weighted by atomic mass is 19.1. The van der Waals surface area contributed by atoms with Gasteiger partial charge < -0.3 is 10.4 Å². The molecule has 1 aliphatic carbocycles. The Kier molecular flexibility index (Phi) is 4.06. The molecule has 0 saturated heterocycles.